The molecule has 0 aliphatic rings. The van der Waals surface area contributed by atoms with Crippen LogP contribution in [0.4, 0.5) is 0 Å². The summed E-state index contributed by atoms with van der Waals surface area (Å²) in [5, 5.41) is 22.3. The maximum atomic E-state index is 8.10. The van der Waals surface area contributed by atoms with E-state index < -0.39 is 0 Å². The molecular weight excluding hydrogens is 943 g/mol. The topological polar surface area (TPSA) is 177 Å². The molecule has 71 heavy (non-hydrogen) atoms. The van der Waals surface area contributed by atoms with Gasteiger partial charge in [0, 0.05) is 46.3 Å². The van der Waals surface area contributed by atoms with E-state index in [0.29, 0.717) is 42.1 Å². The number of ether oxygens (including phenoxy) is 2. The van der Waals surface area contributed by atoms with Gasteiger partial charge in [-0.2, -0.15) is 9.90 Å². The Labute approximate surface area is 437 Å². The molecule has 0 bridgehead atoms. The number of unbranched alkanes of at least 4 members (excludes halogenated alkanes) is 6. The monoisotopic (exact) mass is 1010 g/mol. The van der Waals surface area contributed by atoms with Gasteiger partial charge in [0.2, 0.25) is 0 Å². The van der Waals surface area contributed by atoms with E-state index in [9.17, 15) is 0 Å². The maximum absolute atomic E-state index is 8.10. The molecule has 1 atom stereocenters. The number of nitrogens with zero attached hydrogens (tertiary/aromatic N) is 12. The van der Waals surface area contributed by atoms with Gasteiger partial charge in [0.25, 0.3) is 0 Å². The molecule has 0 aliphatic carbocycles. The number of aryl methyl sites for hydroxylation is 3. The van der Waals surface area contributed by atoms with Crippen LogP contribution in [0.2, 0.25) is 0 Å². The van der Waals surface area contributed by atoms with Crippen LogP contribution < -0.4 is 9.47 Å². The molecule has 6 aromatic rings. The van der Waals surface area contributed by atoms with Crippen LogP contribution in [-0.4, -0.2) is 43.2 Å². The zero-order valence-electron chi connectivity index (χ0n) is 42.7. The number of hydrogen-bond acceptors (Lipinski definition) is 8. The molecule has 4 aromatic carbocycles. The molecular formula is C55H71N12O2PV. The van der Waals surface area contributed by atoms with Crippen LogP contribution in [0.1, 0.15) is 135 Å². The third-order valence-electron chi connectivity index (χ3n) is 9.97. The second kappa shape index (κ2) is 39.9. The molecule has 0 spiro atoms. The minimum Gasteiger partial charge on any atom is -0.493 e. The van der Waals surface area contributed by atoms with Gasteiger partial charge >= 0.3 is 0 Å². The van der Waals surface area contributed by atoms with Crippen LogP contribution in [0.15, 0.2) is 108 Å². The number of terminal acetylenes is 3. The van der Waals surface area contributed by atoms with Crippen molar-refractivity contribution in [1.29, 1.82) is 0 Å². The van der Waals surface area contributed by atoms with E-state index in [-0.39, 0.29) is 28.5 Å². The number of aromatic nitrogens is 6. The molecule has 1 radical (unpaired) electrons. The van der Waals surface area contributed by atoms with E-state index >= 15 is 0 Å². The van der Waals surface area contributed by atoms with Crippen LogP contribution >= 0.6 is 9.90 Å². The standard InChI is InChI=1S/C18H18O.C15H24O.C12H12N6.C8H8N6.C2H6.H3P.V/c1-5-9-10-11-12-19-18-16(7-3)13-15(6-2)14-17(18)8-4;1-5-6-7-8-9-16-15-13(3)10-12(2)11-14(15)4;1-2-12(10-18-8-6-14-16-18)4-3-11(1)9-17-7-5-13-15-17;9-13-11-5-7-1-2-8(4-3-7)6-12-14-10;1-2;;/h2-4,13-14H,5,9-12H2,1H3;10-11H,5-9H2,1-4H3;1-8H,9-10H2;1-4H,5-6H2;1-2H3;1H3;. The van der Waals surface area contributed by atoms with Crippen molar-refractivity contribution in [3.05, 3.63) is 174 Å². The van der Waals surface area contributed by atoms with Crippen molar-refractivity contribution >= 4 is 9.90 Å². The quantitative estimate of drug-likeness (QED) is 0.0183. The predicted octanol–water partition coefficient (Wildman–Crippen LogP) is 13.5. The summed E-state index contributed by atoms with van der Waals surface area (Å²) in [5.41, 5.74) is 26.2. The summed E-state index contributed by atoms with van der Waals surface area (Å²) in [6.07, 6.45) is 33.0. The molecule has 2 heterocycles. The van der Waals surface area contributed by atoms with Gasteiger partial charge in [-0.25, -0.2) is 9.36 Å². The minimum atomic E-state index is 0. The molecule has 2 aromatic heterocycles. The molecule has 0 fully saturated rings. The molecule has 0 aliphatic heterocycles. The molecule has 0 amide bonds. The Balaban J connectivity index is 0.000000906. The second-order valence-corrected chi connectivity index (χ2v) is 15.5. The summed E-state index contributed by atoms with van der Waals surface area (Å²) in [6.45, 7) is 18.4. The zero-order chi connectivity index (χ0) is 50.5. The smallest absolute Gasteiger partial charge is 0.150 e. The Morgan fingerprint density at radius 2 is 0.972 bits per heavy atom. The van der Waals surface area contributed by atoms with Gasteiger partial charge in [0.05, 0.1) is 62.9 Å². The Morgan fingerprint density at radius 3 is 1.31 bits per heavy atom. The number of rotatable bonds is 20. The fourth-order valence-corrected chi connectivity index (χ4v) is 6.62. The molecule has 0 saturated carbocycles. The van der Waals surface area contributed by atoms with E-state index in [1.165, 1.54) is 66.3 Å². The van der Waals surface area contributed by atoms with Gasteiger partial charge in [0.1, 0.15) is 5.75 Å². The molecule has 14 nitrogen and oxygen atoms in total. The summed E-state index contributed by atoms with van der Waals surface area (Å²) in [7, 11) is 0. The molecule has 0 N–H and O–H groups in total. The van der Waals surface area contributed by atoms with Crippen LogP contribution in [-0.2, 0) is 44.7 Å². The molecule has 16 heteroatoms. The summed E-state index contributed by atoms with van der Waals surface area (Å²) < 4.78 is 15.2. The Hall–Kier alpha value is -6.93. The number of azide groups is 2. The van der Waals surface area contributed by atoms with Gasteiger partial charge in [-0.05, 0) is 90.2 Å². The molecule has 0 saturated heterocycles. The van der Waals surface area contributed by atoms with Gasteiger partial charge in [0.15, 0.2) is 5.75 Å². The van der Waals surface area contributed by atoms with Gasteiger partial charge in [-0.15, -0.1) is 29.5 Å². The van der Waals surface area contributed by atoms with E-state index in [1.807, 2.05) is 50.5 Å². The summed E-state index contributed by atoms with van der Waals surface area (Å²) in [4.78, 5) is 5.32. The number of benzene rings is 4. The first-order valence-corrected chi connectivity index (χ1v) is 23.4. The SMILES string of the molecule is C#Cc1cc(C#C)c(OCCCCCC)c(C#C)c1.CC.CCCCCCOc1c(C)cc(C)cc1C.P.[N-]=[N+]=NCc1ccc(CN=[N+]=[N-])cc1.[V].c1cn(Cc2ccc(Cn3ccnn3)cc2)nn1. The van der Waals surface area contributed by atoms with Crippen LogP contribution in [0.5, 0.6) is 11.5 Å². The van der Waals surface area contributed by atoms with Crippen molar-refractivity contribution in [3.8, 4) is 48.5 Å². The van der Waals surface area contributed by atoms with E-state index in [0.717, 1.165) is 49.4 Å². The molecule has 1 unspecified atom stereocenters. The minimum absolute atomic E-state index is 0. The average Bonchev–Trinajstić information content (AvgIpc) is 4.10. The zero-order valence-corrected chi connectivity index (χ0v) is 45.5. The van der Waals surface area contributed by atoms with Crippen LogP contribution in [0.25, 0.3) is 20.9 Å². The van der Waals surface area contributed by atoms with Gasteiger partial charge in [-0.1, -0.05) is 171 Å². The summed E-state index contributed by atoms with van der Waals surface area (Å²) in [6, 6.07) is 23.6. The van der Waals surface area contributed by atoms with Crippen molar-refractivity contribution < 1.29 is 28.0 Å². The van der Waals surface area contributed by atoms with Crippen molar-refractivity contribution in [2.45, 2.75) is 126 Å². The first-order valence-electron chi connectivity index (χ1n) is 23.4. The first kappa shape index (κ1) is 64.1. The van der Waals surface area contributed by atoms with Gasteiger partial charge in [-0.3, -0.25) is 0 Å². The normalized spacial score (nSPS) is 9.30. The number of hydrogen-bond donors (Lipinski definition) is 0. The predicted molar refractivity (Wildman–Crippen MR) is 289 cm³/mol. The van der Waals surface area contributed by atoms with E-state index in [4.69, 9.17) is 39.8 Å². The van der Waals surface area contributed by atoms with Gasteiger partial charge < -0.3 is 9.47 Å². The van der Waals surface area contributed by atoms with E-state index in [2.05, 4.69) is 129 Å². The Kier molecular flexibility index (Phi) is 36.0. The largest absolute Gasteiger partial charge is 0.493 e. The fraction of sp³-hybridized carbons (Fsp3) is 0.382. The third-order valence-corrected chi connectivity index (χ3v) is 9.97. The van der Waals surface area contributed by atoms with Crippen molar-refractivity contribution in [3.63, 3.8) is 0 Å². The fourth-order valence-electron chi connectivity index (χ4n) is 6.62. The van der Waals surface area contributed by atoms with Crippen molar-refractivity contribution in [2.75, 3.05) is 13.2 Å². The van der Waals surface area contributed by atoms with Crippen LogP contribution in [0.3, 0.4) is 0 Å². The Bertz CT molecular complexity index is 2430. The van der Waals surface area contributed by atoms with Crippen LogP contribution in [0, 0.1) is 57.8 Å². The summed E-state index contributed by atoms with van der Waals surface area (Å²) >= 11 is 0. The third kappa shape index (κ3) is 26.0. The maximum Gasteiger partial charge on any atom is 0.150 e. The first-order chi connectivity index (χ1) is 33.7. The van der Waals surface area contributed by atoms with E-state index in [1.54, 1.807) is 33.9 Å². The molecule has 373 valence electrons. The second-order valence-electron chi connectivity index (χ2n) is 15.5. The van der Waals surface area contributed by atoms with Crippen molar-refractivity contribution in [2.24, 2.45) is 10.2 Å². The Morgan fingerprint density at radius 1 is 0.577 bits per heavy atom. The molecule has 6 rings (SSSR count). The van der Waals surface area contributed by atoms with Crippen molar-refractivity contribution in [1.82, 2.24) is 30.0 Å². The average molecular weight is 1010 g/mol. The summed E-state index contributed by atoms with van der Waals surface area (Å²) in [5.74, 6) is 9.39.